The highest BCUT2D eigenvalue weighted by molar-refractivity contribution is 9.10. The summed E-state index contributed by atoms with van der Waals surface area (Å²) in [6, 6.07) is 5.08. The van der Waals surface area contributed by atoms with Crippen molar-refractivity contribution in [2.45, 2.75) is 26.8 Å². The zero-order valence-corrected chi connectivity index (χ0v) is 15.8. The van der Waals surface area contributed by atoms with E-state index in [1.165, 1.54) is 10.9 Å². The smallest absolute Gasteiger partial charge is 0.191 e. The summed E-state index contributed by atoms with van der Waals surface area (Å²) >= 11 is 4.88. The predicted molar refractivity (Wildman–Crippen MR) is 97.6 cm³/mol. The molecule has 1 aromatic carbocycles. The van der Waals surface area contributed by atoms with Gasteiger partial charge in [-0.1, -0.05) is 6.07 Å². The van der Waals surface area contributed by atoms with Crippen LogP contribution in [0, 0.1) is 19.7 Å². The molecule has 4 nitrogen and oxygen atoms in total. The van der Waals surface area contributed by atoms with Crippen LogP contribution in [0.25, 0.3) is 0 Å². The van der Waals surface area contributed by atoms with Crippen molar-refractivity contribution in [2.75, 3.05) is 13.6 Å². The lowest BCUT2D eigenvalue weighted by atomic mass is 10.2. The first kappa shape index (κ1) is 17.9. The third kappa shape index (κ3) is 5.28. The van der Waals surface area contributed by atoms with Crippen molar-refractivity contribution < 1.29 is 4.39 Å². The standard InChI is InChI=1S/C16H20BrFN4S/c1-10-11(2)23-15(22-10)6-7-20-16(19-3)21-9-12-4-5-13(17)14(18)8-12/h4-5,8H,6-7,9H2,1-3H3,(H2,19,20,21). The number of nitrogens with zero attached hydrogens (tertiary/aromatic N) is 2. The van der Waals surface area contributed by atoms with Gasteiger partial charge < -0.3 is 10.6 Å². The third-order valence-corrected chi connectivity index (χ3v) is 5.15. The Hall–Kier alpha value is -1.47. The van der Waals surface area contributed by atoms with Gasteiger partial charge in [0, 0.05) is 31.4 Å². The molecule has 7 heteroatoms. The van der Waals surface area contributed by atoms with E-state index < -0.39 is 0 Å². The van der Waals surface area contributed by atoms with Crippen LogP contribution in [-0.4, -0.2) is 24.5 Å². The van der Waals surface area contributed by atoms with Gasteiger partial charge in [-0.3, -0.25) is 4.99 Å². The predicted octanol–water partition coefficient (Wildman–Crippen LogP) is 3.57. The molecular weight excluding hydrogens is 379 g/mol. The molecule has 0 aliphatic carbocycles. The molecule has 0 aliphatic rings. The van der Waals surface area contributed by atoms with Gasteiger partial charge in [0.15, 0.2) is 5.96 Å². The van der Waals surface area contributed by atoms with Crippen LogP contribution in [0.15, 0.2) is 27.7 Å². The van der Waals surface area contributed by atoms with Crippen LogP contribution in [0.1, 0.15) is 21.1 Å². The van der Waals surface area contributed by atoms with Crippen molar-refractivity contribution in [1.82, 2.24) is 15.6 Å². The first-order valence-corrected chi connectivity index (χ1v) is 8.92. The summed E-state index contributed by atoms with van der Waals surface area (Å²) in [6.45, 7) is 5.38. The summed E-state index contributed by atoms with van der Waals surface area (Å²) in [4.78, 5) is 9.95. The molecule has 2 aromatic rings. The van der Waals surface area contributed by atoms with Crippen LogP contribution in [0.4, 0.5) is 4.39 Å². The largest absolute Gasteiger partial charge is 0.356 e. The maximum atomic E-state index is 13.5. The molecule has 0 spiro atoms. The molecule has 0 amide bonds. The van der Waals surface area contributed by atoms with Crippen molar-refractivity contribution in [3.05, 3.63) is 49.6 Å². The van der Waals surface area contributed by atoms with Crippen molar-refractivity contribution in [3.8, 4) is 0 Å². The average Bonchev–Trinajstić information content (AvgIpc) is 2.84. The van der Waals surface area contributed by atoms with Crippen LogP contribution >= 0.6 is 27.3 Å². The number of benzene rings is 1. The van der Waals surface area contributed by atoms with Gasteiger partial charge in [-0.2, -0.15) is 0 Å². The molecule has 23 heavy (non-hydrogen) atoms. The maximum Gasteiger partial charge on any atom is 0.191 e. The fourth-order valence-electron chi connectivity index (χ4n) is 1.99. The highest BCUT2D eigenvalue weighted by Gasteiger charge is 2.05. The van der Waals surface area contributed by atoms with Crippen LogP contribution in [0.3, 0.4) is 0 Å². The fraction of sp³-hybridized carbons (Fsp3) is 0.375. The van der Waals surface area contributed by atoms with E-state index >= 15 is 0 Å². The number of aliphatic imine (C=N–C) groups is 1. The van der Waals surface area contributed by atoms with E-state index in [-0.39, 0.29) is 5.82 Å². The topological polar surface area (TPSA) is 49.3 Å². The molecule has 0 unspecified atom stereocenters. The Kier molecular flexibility index (Phi) is 6.53. The molecule has 2 rings (SSSR count). The number of hydrogen-bond acceptors (Lipinski definition) is 3. The van der Waals surface area contributed by atoms with Crippen molar-refractivity contribution in [1.29, 1.82) is 0 Å². The minimum absolute atomic E-state index is 0.262. The molecule has 0 fully saturated rings. The highest BCUT2D eigenvalue weighted by atomic mass is 79.9. The van der Waals surface area contributed by atoms with Crippen LogP contribution in [0.5, 0.6) is 0 Å². The maximum absolute atomic E-state index is 13.5. The number of aromatic nitrogens is 1. The van der Waals surface area contributed by atoms with Crippen molar-refractivity contribution >= 4 is 33.2 Å². The molecule has 2 N–H and O–H groups in total. The third-order valence-electron chi connectivity index (χ3n) is 3.37. The average molecular weight is 399 g/mol. The molecule has 0 atom stereocenters. The number of aryl methyl sites for hydroxylation is 2. The van der Waals surface area contributed by atoms with Crippen LogP contribution in [0.2, 0.25) is 0 Å². The monoisotopic (exact) mass is 398 g/mol. The van der Waals surface area contributed by atoms with Gasteiger partial charge in [0.1, 0.15) is 5.82 Å². The molecule has 0 bridgehead atoms. The minimum Gasteiger partial charge on any atom is -0.356 e. The van der Waals surface area contributed by atoms with E-state index in [0.717, 1.165) is 29.2 Å². The van der Waals surface area contributed by atoms with E-state index in [1.807, 2.05) is 13.0 Å². The van der Waals surface area contributed by atoms with Gasteiger partial charge in [-0.25, -0.2) is 9.37 Å². The van der Waals surface area contributed by atoms with Gasteiger partial charge in [-0.15, -0.1) is 11.3 Å². The number of guanidine groups is 1. The lowest BCUT2D eigenvalue weighted by molar-refractivity contribution is 0.617. The second kappa shape index (κ2) is 8.40. The number of rotatable bonds is 5. The van der Waals surface area contributed by atoms with E-state index in [4.69, 9.17) is 0 Å². The molecule has 1 aromatic heterocycles. The summed E-state index contributed by atoms with van der Waals surface area (Å²) in [5.74, 6) is 0.431. The quantitative estimate of drug-likeness (QED) is 0.597. The summed E-state index contributed by atoms with van der Waals surface area (Å²) in [6.07, 6.45) is 0.854. The van der Waals surface area contributed by atoms with E-state index in [2.05, 4.69) is 43.5 Å². The zero-order chi connectivity index (χ0) is 16.8. The molecular formula is C16H20BrFN4S. The zero-order valence-electron chi connectivity index (χ0n) is 13.4. The first-order chi connectivity index (χ1) is 11.0. The van der Waals surface area contributed by atoms with Crippen molar-refractivity contribution in [2.24, 2.45) is 4.99 Å². The number of halogens is 2. The second-order valence-corrected chi connectivity index (χ2v) is 7.24. The van der Waals surface area contributed by atoms with E-state index in [9.17, 15) is 4.39 Å². The second-order valence-electron chi connectivity index (χ2n) is 5.10. The Morgan fingerprint density at radius 1 is 1.35 bits per heavy atom. The van der Waals surface area contributed by atoms with Gasteiger partial charge in [0.25, 0.3) is 0 Å². The highest BCUT2D eigenvalue weighted by Crippen LogP contribution is 2.17. The molecule has 1 heterocycles. The lowest BCUT2D eigenvalue weighted by Gasteiger charge is -2.11. The van der Waals surface area contributed by atoms with Gasteiger partial charge >= 0.3 is 0 Å². The summed E-state index contributed by atoms with van der Waals surface area (Å²) in [5.41, 5.74) is 1.96. The van der Waals surface area contributed by atoms with Gasteiger partial charge in [0.2, 0.25) is 0 Å². The van der Waals surface area contributed by atoms with E-state index in [1.54, 1.807) is 24.5 Å². The van der Waals surface area contributed by atoms with Gasteiger partial charge in [0.05, 0.1) is 15.2 Å². The summed E-state index contributed by atoms with van der Waals surface area (Å²) in [7, 11) is 1.72. The Balaban J connectivity index is 1.80. The number of hydrogen-bond donors (Lipinski definition) is 2. The number of nitrogens with one attached hydrogen (secondary N) is 2. The van der Waals surface area contributed by atoms with Crippen molar-refractivity contribution in [3.63, 3.8) is 0 Å². The molecule has 0 saturated heterocycles. The lowest BCUT2D eigenvalue weighted by Crippen LogP contribution is -2.37. The number of thiazole rings is 1. The molecule has 0 aliphatic heterocycles. The molecule has 124 valence electrons. The normalized spacial score (nSPS) is 11.6. The Bertz CT molecular complexity index is 680. The molecule has 0 saturated carbocycles. The Morgan fingerprint density at radius 2 is 2.13 bits per heavy atom. The van der Waals surface area contributed by atoms with Crippen LogP contribution in [-0.2, 0) is 13.0 Å². The Labute approximate surface area is 148 Å². The fourth-order valence-corrected chi connectivity index (χ4v) is 3.17. The van der Waals surface area contributed by atoms with Crippen LogP contribution < -0.4 is 10.6 Å². The Morgan fingerprint density at radius 3 is 2.74 bits per heavy atom. The van der Waals surface area contributed by atoms with E-state index in [0.29, 0.717) is 17.0 Å². The summed E-state index contributed by atoms with van der Waals surface area (Å²) < 4.78 is 14.0. The minimum atomic E-state index is -0.262. The van der Waals surface area contributed by atoms with Gasteiger partial charge in [-0.05, 0) is 47.5 Å². The first-order valence-electron chi connectivity index (χ1n) is 7.31. The SMILES string of the molecule is CN=C(NCCc1nc(C)c(C)s1)NCc1ccc(Br)c(F)c1. The summed E-state index contributed by atoms with van der Waals surface area (Å²) in [5, 5.41) is 7.54. The molecule has 0 radical (unpaired) electrons.